The largest absolute Gasteiger partial charge is 0.491 e. The van der Waals surface area contributed by atoms with Gasteiger partial charge in [-0.05, 0) is 80.8 Å². The number of ether oxygens (including phenoxy) is 1. The lowest BCUT2D eigenvalue weighted by Gasteiger charge is -2.38. The van der Waals surface area contributed by atoms with Crippen LogP contribution in [0.1, 0.15) is 96.0 Å². The van der Waals surface area contributed by atoms with Gasteiger partial charge in [0.15, 0.2) is 11.6 Å². The normalized spacial score (nSPS) is 28.9. The highest BCUT2D eigenvalue weighted by molar-refractivity contribution is 5.33. The van der Waals surface area contributed by atoms with Crippen molar-refractivity contribution in [2.45, 2.75) is 90.4 Å². The molecular weight excluding hydrogens is 342 g/mol. The molecule has 0 heterocycles. The zero-order valence-corrected chi connectivity index (χ0v) is 17.1. The van der Waals surface area contributed by atoms with Crippen molar-refractivity contribution in [1.29, 1.82) is 0 Å². The van der Waals surface area contributed by atoms with Gasteiger partial charge in [0.1, 0.15) is 0 Å². The Morgan fingerprint density at radius 3 is 2.07 bits per heavy atom. The van der Waals surface area contributed by atoms with E-state index in [-0.39, 0.29) is 11.7 Å². The molecule has 0 spiro atoms. The average Bonchev–Trinajstić information content (AvgIpc) is 2.71. The summed E-state index contributed by atoms with van der Waals surface area (Å²) in [5.74, 6) is 1.30. The molecular formula is C24H36F2O. The van der Waals surface area contributed by atoms with Crippen molar-refractivity contribution in [3.8, 4) is 5.75 Å². The summed E-state index contributed by atoms with van der Waals surface area (Å²) in [6.07, 6.45) is 14.0. The number of unbranched alkanes of at least 4 members (excludes halogenated alkanes) is 1. The van der Waals surface area contributed by atoms with E-state index >= 15 is 0 Å². The second-order valence-electron chi connectivity index (χ2n) is 8.75. The summed E-state index contributed by atoms with van der Waals surface area (Å²) < 4.78 is 33.9. The van der Waals surface area contributed by atoms with Gasteiger partial charge < -0.3 is 4.74 Å². The molecule has 27 heavy (non-hydrogen) atoms. The Bertz CT molecular complexity index is 584. The summed E-state index contributed by atoms with van der Waals surface area (Å²) in [7, 11) is 0. The molecule has 1 nitrogen and oxygen atoms in total. The zero-order chi connectivity index (χ0) is 19.2. The van der Waals surface area contributed by atoms with Crippen LogP contribution >= 0.6 is 0 Å². The molecule has 0 N–H and O–H groups in total. The maximum atomic E-state index is 14.5. The van der Waals surface area contributed by atoms with Gasteiger partial charge in [-0.1, -0.05) is 45.1 Å². The maximum absolute atomic E-state index is 14.5. The molecule has 1 aromatic carbocycles. The molecule has 0 radical (unpaired) electrons. The zero-order valence-electron chi connectivity index (χ0n) is 17.1. The Kier molecular flexibility index (Phi) is 7.55. The van der Waals surface area contributed by atoms with Gasteiger partial charge in [-0.25, -0.2) is 4.39 Å². The van der Waals surface area contributed by atoms with E-state index in [0.717, 1.165) is 30.6 Å². The fourth-order valence-electron chi connectivity index (χ4n) is 5.47. The van der Waals surface area contributed by atoms with Crippen LogP contribution in [-0.2, 0) is 0 Å². The maximum Gasteiger partial charge on any atom is 0.200 e. The molecule has 3 rings (SSSR count). The highest BCUT2D eigenvalue weighted by Crippen LogP contribution is 2.45. The predicted molar refractivity (Wildman–Crippen MR) is 107 cm³/mol. The summed E-state index contributed by atoms with van der Waals surface area (Å²) in [6, 6.07) is 3.34. The molecule has 2 saturated carbocycles. The molecule has 0 aromatic heterocycles. The second-order valence-corrected chi connectivity index (χ2v) is 8.75. The van der Waals surface area contributed by atoms with E-state index in [1.807, 2.05) is 0 Å². The van der Waals surface area contributed by atoms with Gasteiger partial charge in [0, 0.05) is 0 Å². The van der Waals surface area contributed by atoms with E-state index in [0.29, 0.717) is 12.2 Å². The molecule has 2 aliphatic rings. The van der Waals surface area contributed by atoms with E-state index in [1.165, 1.54) is 57.8 Å². The quantitative estimate of drug-likeness (QED) is 0.474. The SMILES string of the molecule is CCCCC1CCC(C2CCC(c3ccc(OCC)c(F)c3F)CC2)CC1. The van der Waals surface area contributed by atoms with Crippen molar-refractivity contribution in [2.75, 3.05) is 6.61 Å². The van der Waals surface area contributed by atoms with Crippen molar-refractivity contribution in [1.82, 2.24) is 0 Å². The number of hydrogen-bond donors (Lipinski definition) is 0. The van der Waals surface area contributed by atoms with Gasteiger partial charge in [0.2, 0.25) is 5.82 Å². The monoisotopic (exact) mass is 378 g/mol. The van der Waals surface area contributed by atoms with Crippen LogP contribution in [0, 0.1) is 29.4 Å². The summed E-state index contributed by atoms with van der Waals surface area (Å²) in [6.45, 7) is 4.41. The van der Waals surface area contributed by atoms with Crippen LogP contribution < -0.4 is 4.74 Å². The Labute approximate surface area is 163 Å². The first kappa shape index (κ1) is 20.6. The van der Waals surface area contributed by atoms with E-state index in [2.05, 4.69) is 6.92 Å². The summed E-state index contributed by atoms with van der Waals surface area (Å²) in [5, 5.41) is 0. The van der Waals surface area contributed by atoms with E-state index in [4.69, 9.17) is 4.74 Å². The van der Waals surface area contributed by atoms with Gasteiger partial charge in [-0.2, -0.15) is 4.39 Å². The molecule has 0 unspecified atom stereocenters. The van der Waals surface area contributed by atoms with Crippen LogP contribution in [0.25, 0.3) is 0 Å². The summed E-state index contributed by atoms with van der Waals surface area (Å²) in [5.41, 5.74) is 0.553. The van der Waals surface area contributed by atoms with Gasteiger partial charge in [0.25, 0.3) is 0 Å². The Morgan fingerprint density at radius 1 is 0.852 bits per heavy atom. The molecule has 1 aromatic rings. The molecule has 0 bridgehead atoms. The smallest absolute Gasteiger partial charge is 0.200 e. The Hall–Kier alpha value is -1.12. The highest BCUT2D eigenvalue weighted by Gasteiger charge is 2.32. The van der Waals surface area contributed by atoms with Crippen molar-refractivity contribution in [2.24, 2.45) is 17.8 Å². The Balaban J connectivity index is 1.52. The van der Waals surface area contributed by atoms with E-state index in [1.54, 1.807) is 19.1 Å². The predicted octanol–water partition coefficient (Wildman–Crippen LogP) is 7.63. The standard InChI is InChI=1S/C24H36F2O/c1-3-5-6-17-7-9-18(10-8-17)19-11-13-20(14-12-19)21-15-16-22(27-4-2)24(26)23(21)25/h15-20H,3-14H2,1-2H3. The molecule has 152 valence electrons. The van der Waals surface area contributed by atoms with Crippen molar-refractivity contribution >= 4 is 0 Å². The second kappa shape index (κ2) is 9.89. The van der Waals surface area contributed by atoms with Crippen molar-refractivity contribution in [3.63, 3.8) is 0 Å². The van der Waals surface area contributed by atoms with Crippen LogP contribution in [-0.4, -0.2) is 6.61 Å². The number of rotatable bonds is 7. The number of hydrogen-bond acceptors (Lipinski definition) is 1. The van der Waals surface area contributed by atoms with Gasteiger partial charge >= 0.3 is 0 Å². The third-order valence-corrected chi connectivity index (χ3v) is 7.11. The first-order valence-corrected chi connectivity index (χ1v) is 11.2. The van der Waals surface area contributed by atoms with Gasteiger partial charge in [-0.15, -0.1) is 0 Å². The highest BCUT2D eigenvalue weighted by atomic mass is 19.2. The van der Waals surface area contributed by atoms with E-state index in [9.17, 15) is 8.78 Å². The Morgan fingerprint density at radius 2 is 1.48 bits per heavy atom. The van der Waals surface area contributed by atoms with Gasteiger partial charge in [0.05, 0.1) is 6.61 Å². The van der Waals surface area contributed by atoms with Crippen LogP contribution in [0.2, 0.25) is 0 Å². The molecule has 2 fully saturated rings. The number of halogens is 2. The third-order valence-electron chi connectivity index (χ3n) is 7.11. The minimum absolute atomic E-state index is 0.0345. The molecule has 0 amide bonds. The molecule has 0 atom stereocenters. The fourth-order valence-corrected chi connectivity index (χ4v) is 5.47. The molecule has 0 saturated heterocycles. The summed E-state index contributed by atoms with van der Waals surface area (Å²) in [4.78, 5) is 0. The summed E-state index contributed by atoms with van der Waals surface area (Å²) >= 11 is 0. The van der Waals surface area contributed by atoms with Crippen molar-refractivity contribution < 1.29 is 13.5 Å². The van der Waals surface area contributed by atoms with Gasteiger partial charge in [-0.3, -0.25) is 0 Å². The minimum Gasteiger partial charge on any atom is -0.491 e. The molecule has 0 aliphatic heterocycles. The lowest BCUT2D eigenvalue weighted by molar-refractivity contribution is 0.155. The molecule has 3 heteroatoms. The van der Waals surface area contributed by atoms with Crippen molar-refractivity contribution in [3.05, 3.63) is 29.3 Å². The topological polar surface area (TPSA) is 9.23 Å². The fraction of sp³-hybridized carbons (Fsp3) is 0.750. The van der Waals surface area contributed by atoms with Crippen LogP contribution in [0.4, 0.5) is 8.78 Å². The van der Waals surface area contributed by atoms with Crippen LogP contribution in [0.5, 0.6) is 5.75 Å². The van der Waals surface area contributed by atoms with E-state index < -0.39 is 11.6 Å². The third kappa shape index (κ3) is 5.03. The molecule has 2 aliphatic carbocycles. The average molecular weight is 379 g/mol. The van der Waals surface area contributed by atoms with Crippen LogP contribution in [0.15, 0.2) is 12.1 Å². The number of benzene rings is 1. The minimum atomic E-state index is -0.818. The van der Waals surface area contributed by atoms with Crippen LogP contribution in [0.3, 0.4) is 0 Å². The first-order valence-electron chi connectivity index (χ1n) is 11.2. The first-order chi connectivity index (χ1) is 13.1. The lowest BCUT2D eigenvalue weighted by Crippen LogP contribution is -2.25. The lowest BCUT2D eigenvalue weighted by atomic mass is 9.68.